The Balaban J connectivity index is 0.00000324. The van der Waals surface area contributed by atoms with Crippen molar-refractivity contribution >= 4 is 58.0 Å². The molecule has 5 nitrogen and oxygen atoms in total. The molecule has 0 bridgehead atoms. The topological polar surface area (TPSA) is 60.7 Å². The van der Waals surface area contributed by atoms with E-state index >= 15 is 0 Å². The van der Waals surface area contributed by atoms with Gasteiger partial charge < -0.3 is 19.1 Å². The average molecular weight is 506 g/mol. The van der Waals surface area contributed by atoms with Crippen molar-refractivity contribution in [2.45, 2.75) is 58.0 Å². The molecule has 178 valence electrons. The number of ether oxygens (including phenoxy) is 2. The number of aryl methyl sites for hydroxylation is 1. The number of alkyl halides is 3. The van der Waals surface area contributed by atoms with Gasteiger partial charge in [-0.15, -0.1) is 0 Å². The Hall–Kier alpha value is -1.87. The molecule has 2 aromatic carbocycles. The van der Waals surface area contributed by atoms with Crippen LogP contribution in [0.2, 0.25) is 5.02 Å². The third-order valence-corrected chi connectivity index (χ3v) is 6.03. The molecule has 1 aromatic heterocycles. The van der Waals surface area contributed by atoms with Crippen molar-refractivity contribution < 1.29 is 32.5 Å². The number of aromatic nitrogens is 1. The number of halogens is 4. The van der Waals surface area contributed by atoms with Crippen molar-refractivity contribution in [2.24, 2.45) is 0 Å². The van der Waals surface area contributed by atoms with Crippen molar-refractivity contribution in [3.8, 4) is 11.5 Å². The quantitative estimate of drug-likeness (QED) is 0.400. The molecule has 0 spiro atoms. The van der Waals surface area contributed by atoms with Gasteiger partial charge in [0.05, 0.1) is 28.6 Å². The molecule has 1 unspecified atom stereocenters. The van der Waals surface area contributed by atoms with Gasteiger partial charge in [-0.1, -0.05) is 17.7 Å². The number of hydrogen-bond acceptors (Lipinski definition) is 3. The first-order valence-electron chi connectivity index (χ1n) is 10.6. The van der Waals surface area contributed by atoms with Gasteiger partial charge in [0.15, 0.2) is 0 Å². The summed E-state index contributed by atoms with van der Waals surface area (Å²) in [5, 5.41) is 10.4. The van der Waals surface area contributed by atoms with E-state index in [0.29, 0.717) is 29.3 Å². The number of nitrogens with zero attached hydrogens (tertiary/aromatic N) is 1. The Morgan fingerprint density at radius 1 is 1.24 bits per heavy atom. The molecule has 2 heterocycles. The van der Waals surface area contributed by atoms with Gasteiger partial charge >= 0.3 is 41.7 Å². The molecule has 1 N–H and O–H groups in total. The van der Waals surface area contributed by atoms with Gasteiger partial charge in [0.25, 0.3) is 0 Å². The monoisotopic (exact) mass is 505 g/mol. The Kier molecular flexibility index (Phi) is 8.18. The second kappa shape index (κ2) is 10.4. The molecule has 1 aliphatic rings. The van der Waals surface area contributed by atoms with Gasteiger partial charge in [-0.25, -0.2) is 0 Å². The Morgan fingerprint density at radius 2 is 1.97 bits per heavy atom. The Labute approximate surface area is 222 Å². The fourth-order valence-electron chi connectivity index (χ4n) is 4.29. The van der Waals surface area contributed by atoms with Gasteiger partial charge in [0.2, 0.25) is 0 Å². The summed E-state index contributed by atoms with van der Waals surface area (Å²) in [6.07, 6.45) is -4.21. The van der Waals surface area contributed by atoms with Crippen LogP contribution in [-0.2, 0) is 24.1 Å². The second-order valence-corrected chi connectivity index (χ2v) is 8.77. The summed E-state index contributed by atoms with van der Waals surface area (Å²) in [6, 6.07) is 9.19. The van der Waals surface area contributed by atoms with Gasteiger partial charge in [0.1, 0.15) is 18.1 Å². The van der Waals surface area contributed by atoms with Crippen molar-refractivity contribution in [1.29, 1.82) is 0 Å². The number of carboxylic acids is 1. The molecule has 10 heteroatoms. The van der Waals surface area contributed by atoms with Crippen molar-refractivity contribution in [1.82, 2.24) is 4.57 Å². The number of benzene rings is 2. The molecule has 3 aromatic rings. The molecule has 34 heavy (non-hydrogen) atoms. The Morgan fingerprint density at radius 3 is 2.62 bits per heavy atom. The number of carboxylic acid groups (broad SMARTS) is 1. The zero-order valence-corrected chi connectivity index (χ0v) is 18.8. The maximum absolute atomic E-state index is 13.5. The van der Waals surface area contributed by atoms with Crippen LogP contribution in [0.5, 0.6) is 11.5 Å². The van der Waals surface area contributed by atoms with Gasteiger partial charge in [-0.3, -0.25) is 4.79 Å². The minimum atomic E-state index is -4.55. The molecule has 1 aliphatic heterocycles. The molecule has 4 rings (SSSR count). The van der Waals surface area contributed by atoms with Gasteiger partial charge in [-0.05, 0) is 56.2 Å². The Bertz CT molecular complexity index is 1210. The summed E-state index contributed by atoms with van der Waals surface area (Å²) in [7, 11) is 0. The third-order valence-electron chi connectivity index (χ3n) is 5.64. The number of rotatable bonds is 7. The van der Waals surface area contributed by atoms with Crippen LogP contribution < -0.4 is 9.47 Å². The fourth-order valence-corrected chi connectivity index (χ4v) is 4.69. The van der Waals surface area contributed by atoms with Crippen LogP contribution in [-0.4, -0.2) is 51.3 Å². The van der Waals surface area contributed by atoms with Crippen LogP contribution in [0.1, 0.15) is 49.4 Å². The van der Waals surface area contributed by atoms with E-state index in [4.69, 9.17) is 26.2 Å². The molecule has 0 amide bonds. The predicted octanol–water partition coefficient (Wildman–Crippen LogP) is 5.99. The summed E-state index contributed by atoms with van der Waals surface area (Å²) in [4.78, 5) is 11.2. The molecular weight excluding hydrogens is 482 g/mol. The van der Waals surface area contributed by atoms with Crippen LogP contribution in [0.3, 0.4) is 0 Å². The van der Waals surface area contributed by atoms with E-state index in [0.717, 1.165) is 22.7 Å². The number of carbonyl (C=O) groups is 1. The predicted molar refractivity (Wildman–Crippen MR) is 125 cm³/mol. The number of fused-ring (bicyclic) bond motifs is 3. The van der Waals surface area contributed by atoms with E-state index in [2.05, 4.69) is 0 Å². The molecule has 0 saturated heterocycles. The van der Waals surface area contributed by atoms with E-state index in [-0.39, 0.29) is 60.4 Å². The first-order chi connectivity index (χ1) is 15.5. The third kappa shape index (κ3) is 5.51. The average Bonchev–Trinajstić information content (AvgIpc) is 3.25. The summed E-state index contributed by atoms with van der Waals surface area (Å²) < 4.78 is 53.5. The van der Waals surface area contributed by atoms with E-state index in [1.54, 1.807) is 32.0 Å². The van der Waals surface area contributed by atoms with Crippen molar-refractivity contribution in [3.63, 3.8) is 0 Å². The standard InChI is InChI=1S/C24H23ClF3NO4.Na.H/c1-13(2)33-20-6-3-14(9-18(20)24(26,27)28)12-32-16-4-5-19-17(11-16)22(25)23-15(10-21(30)31)7-8-29(19)23;;/h3-6,9,11,13,15H,7-8,10,12H2,1-2H3,(H,30,31);;. The first kappa shape index (κ1) is 26.7. The van der Waals surface area contributed by atoms with Crippen LogP contribution in [0, 0.1) is 0 Å². The van der Waals surface area contributed by atoms with E-state index in [1.165, 1.54) is 6.07 Å². The molecule has 0 saturated carbocycles. The number of aliphatic carboxylic acids is 1. The molecule has 0 aliphatic carbocycles. The fraction of sp³-hybridized carbons (Fsp3) is 0.375. The second-order valence-electron chi connectivity index (χ2n) is 8.40. The van der Waals surface area contributed by atoms with Crippen molar-refractivity contribution in [2.75, 3.05) is 0 Å². The molecule has 1 atom stereocenters. The summed E-state index contributed by atoms with van der Waals surface area (Å²) in [6.45, 7) is 3.95. The summed E-state index contributed by atoms with van der Waals surface area (Å²) >= 11 is 6.59. The van der Waals surface area contributed by atoms with E-state index < -0.39 is 17.7 Å². The minimum absolute atomic E-state index is 0. The molecular formula is C24H24ClF3NNaO4. The zero-order chi connectivity index (χ0) is 23.9. The van der Waals surface area contributed by atoms with Crippen LogP contribution in [0.25, 0.3) is 10.9 Å². The van der Waals surface area contributed by atoms with Crippen LogP contribution >= 0.6 is 11.6 Å². The summed E-state index contributed by atoms with van der Waals surface area (Å²) in [5.74, 6) is -0.783. The van der Waals surface area contributed by atoms with E-state index in [9.17, 15) is 18.0 Å². The van der Waals surface area contributed by atoms with E-state index in [1.807, 2.05) is 10.6 Å². The van der Waals surface area contributed by atoms with Crippen molar-refractivity contribution in [3.05, 3.63) is 58.2 Å². The van der Waals surface area contributed by atoms with Crippen LogP contribution in [0.15, 0.2) is 36.4 Å². The maximum atomic E-state index is 13.5. The molecule has 0 radical (unpaired) electrons. The molecule has 0 fully saturated rings. The number of hydrogen-bond donors (Lipinski definition) is 1. The van der Waals surface area contributed by atoms with Gasteiger partial charge in [0, 0.05) is 23.5 Å². The first-order valence-corrected chi connectivity index (χ1v) is 11.0. The van der Waals surface area contributed by atoms with Gasteiger partial charge in [-0.2, -0.15) is 13.2 Å². The summed E-state index contributed by atoms with van der Waals surface area (Å²) in [5.41, 5.74) is 1.20. The SMILES string of the molecule is CC(C)Oc1ccc(COc2ccc3c(c2)c(Cl)c2n3CCC2CC(=O)O)cc1C(F)(F)F.[NaH]. The normalized spacial score (nSPS) is 15.3. The zero-order valence-electron chi connectivity index (χ0n) is 18.1. The van der Waals surface area contributed by atoms with Crippen LogP contribution in [0.4, 0.5) is 13.2 Å².